The van der Waals surface area contributed by atoms with Crippen LogP contribution >= 0.6 is 22.7 Å². The predicted octanol–water partition coefficient (Wildman–Crippen LogP) is 4.37. The van der Waals surface area contributed by atoms with E-state index in [1.807, 2.05) is 36.6 Å². The molecule has 1 aromatic carbocycles. The molecule has 5 nitrogen and oxygen atoms in total. The first kappa shape index (κ1) is 20.1. The van der Waals surface area contributed by atoms with E-state index >= 15 is 0 Å². The number of hydrogen-bond acceptors (Lipinski definition) is 5. The van der Waals surface area contributed by atoms with Crippen LogP contribution in [0.2, 0.25) is 0 Å². The summed E-state index contributed by atoms with van der Waals surface area (Å²) in [6.07, 6.45) is 2.59. The highest BCUT2D eigenvalue weighted by molar-refractivity contribution is 7.10. The van der Waals surface area contributed by atoms with Crippen LogP contribution in [0.5, 0.6) is 0 Å². The third-order valence-corrected chi connectivity index (χ3v) is 6.99. The number of hydrogen-bond donors (Lipinski definition) is 2. The molecule has 1 saturated heterocycles. The molecule has 29 heavy (non-hydrogen) atoms. The molecule has 1 fully saturated rings. The largest absolute Gasteiger partial charge is 0.354 e. The van der Waals surface area contributed by atoms with Gasteiger partial charge in [-0.1, -0.05) is 36.4 Å². The van der Waals surface area contributed by atoms with E-state index < -0.39 is 0 Å². The average Bonchev–Trinajstić information content (AvgIpc) is 3.54. The van der Waals surface area contributed by atoms with E-state index in [1.54, 1.807) is 11.3 Å². The van der Waals surface area contributed by atoms with Crippen molar-refractivity contribution in [3.63, 3.8) is 0 Å². The second-order valence-corrected chi connectivity index (χ2v) is 9.00. The molecule has 0 amide bonds. The number of rotatable bonds is 7. The first-order valence-electron chi connectivity index (χ1n) is 10.1. The number of likely N-dealkylation sites (tertiary alicyclic amines) is 1. The Hall–Kier alpha value is -2.22. The number of nitrogens with one attached hydrogen (secondary N) is 2. The summed E-state index contributed by atoms with van der Waals surface area (Å²) < 4.78 is 0. The molecule has 2 N–H and O–H groups in total. The maximum Gasteiger partial charge on any atom is 0.191 e. The Morgan fingerprint density at radius 2 is 1.93 bits per heavy atom. The van der Waals surface area contributed by atoms with Crippen molar-refractivity contribution < 1.29 is 0 Å². The summed E-state index contributed by atoms with van der Waals surface area (Å²) in [7, 11) is 1.82. The highest BCUT2D eigenvalue weighted by Gasteiger charge is 2.24. The van der Waals surface area contributed by atoms with Gasteiger partial charge in [-0.05, 0) is 37.4 Å². The first-order valence-corrected chi connectivity index (χ1v) is 11.8. The molecule has 1 atom stereocenters. The van der Waals surface area contributed by atoms with E-state index in [0.717, 1.165) is 28.8 Å². The van der Waals surface area contributed by atoms with Crippen molar-refractivity contribution in [2.75, 3.05) is 26.7 Å². The molecular formula is C22H27N5S2. The van der Waals surface area contributed by atoms with Gasteiger partial charge >= 0.3 is 0 Å². The van der Waals surface area contributed by atoms with Crippen molar-refractivity contribution >= 4 is 28.6 Å². The fourth-order valence-corrected chi connectivity index (χ4v) is 5.25. The van der Waals surface area contributed by atoms with Crippen LogP contribution in [-0.4, -0.2) is 42.5 Å². The molecule has 1 aliphatic heterocycles. The number of thiophene rings is 1. The van der Waals surface area contributed by atoms with Gasteiger partial charge in [0, 0.05) is 29.4 Å². The quantitative estimate of drug-likeness (QED) is 0.436. The van der Waals surface area contributed by atoms with E-state index in [4.69, 9.17) is 4.98 Å². The zero-order valence-corrected chi connectivity index (χ0v) is 18.3. The number of aliphatic imine (C=N–C) groups is 1. The number of nitrogens with zero attached hydrogens (tertiary/aromatic N) is 3. The van der Waals surface area contributed by atoms with Crippen LogP contribution in [0.25, 0.3) is 11.3 Å². The van der Waals surface area contributed by atoms with Crippen LogP contribution < -0.4 is 10.6 Å². The monoisotopic (exact) mass is 425 g/mol. The standard InChI is InChI=1S/C22H27N5S2/c1-23-22(24-14-19(20-10-7-13-28-20)27-11-5-6-12-27)25-15-21-26-18(16-29-21)17-8-3-2-4-9-17/h2-4,7-10,13,16,19H,5-6,11-12,14-15H2,1H3,(H2,23,24,25). The Balaban J connectivity index is 1.33. The summed E-state index contributed by atoms with van der Waals surface area (Å²) in [5, 5.41) is 12.3. The average molecular weight is 426 g/mol. The SMILES string of the molecule is CN=C(NCc1nc(-c2ccccc2)cs1)NCC(c1cccs1)N1CCCC1. The van der Waals surface area contributed by atoms with Gasteiger partial charge in [0.05, 0.1) is 18.3 Å². The molecule has 2 aromatic heterocycles. The maximum atomic E-state index is 4.75. The van der Waals surface area contributed by atoms with Gasteiger partial charge in [-0.3, -0.25) is 9.89 Å². The molecule has 1 unspecified atom stereocenters. The van der Waals surface area contributed by atoms with Crippen molar-refractivity contribution in [1.82, 2.24) is 20.5 Å². The third kappa shape index (κ3) is 5.23. The van der Waals surface area contributed by atoms with Crippen molar-refractivity contribution in [3.05, 3.63) is 63.1 Å². The molecule has 4 rings (SSSR count). The lowest BCUT2D eigenvalue weighted by atomic mass is 10.2. The number of aromatic nitrogens is 1. The van der Waals surface area contributed by atoms with E-state index in [0.29, 0.717) is 12.6 Å². The van der Waals surface area contributed by atoms with Gasteiger partial charge in [0.15, 0.2) is 5.96 Å². The van der Waals surface area contributed by atoms with E-state index in [1.165, 1.54) is 30.8 Å². The van der Waals surface area contributed by atoms with Gasteiger partial charge in [-0.15, -0.1) is 22.7 Å². The topological polar surface area (TPSA) is 52.6 Å². The Morgan fingerprint density at radius 1 is 1.10 bits per heavy atom. The predicted molar refractivity (Wildman–Crippen MR) is 124 cm³/mol. The molecule has 7 heteroatoms. The van der Waals surface area contributed by atoms with Gasteiger partial charge in [-0.2, -0.15) is 0 Å². The lowest BCUT2D eigenvalue weighted by Gasteiger charge is -2.27. The van der Waals surface area contributed by atoms with Gasteiger partial charge in [0.1, 0.15) is 5.01 Å². The molecule has 3 heterocycles. The second kappa shape index (κ2) is 10.0. The van der Waals surface area contributed by atoms with Crippen molar-refractivity contribution in [3.8, 4) is 11.3 Å². The molecular weight excluding hydrogens is 398 g/mol. The van der Waals surface area contributed by atoms with Crippen molar-refractivity contribution in [1.29, 1.82) is 0 Å². The van der Waals surface area contributed by atoms with Crippen LogP contribution in [0.15, 0.2) is 58.2 Å². The summed E-state index contributed by atoms with van der Waals surface area (Å²) in [4.78, 5) is 13.2. The molecule has 0 saturated carbocycles. The summed E-state index contributed by atoms with van der Waals surface area (Å²) in [6, 6.07) is 15.1. The third-order valence-electron chi connectivity index (χ3n) is 5.17. The Morgan fingerprint density at radius 3 is 2.66 bits per heavy atom. The van der Waals surface area contributed by atoms with Gasteiger partial charge in [0.2, 0.25) is 0 Å². The highest BCUT2D eigenvalue weighted by Crippen LogP contribution is 2.27. The zero-order chi connectivity index (χ0) is 19.9. The Bertz CT molecular complexity index is 898. The Kier molecular flexibility index (Phi) is 6.92. The summed E-state index contributed by atoms with van der Waals surface area (Å²) in [6.45, 7) is 3.88. The number of guanidine groups is 1. The minimum atomic E-state index is 0.403. The van der Waals surface area contributed by atoms with E-state index in [9.17, 15) is 0 Å². The number of benzene rings is 1. The van der Waals surface area contributed by atoms with Crippen LogP contribution in [0.1, 0.15) is 28.8 Å². The van der Waals surface area contributed by atoms with Crippen LogP contribution in [0.3, 0.4) is 0 Å². The fraction of sp³-hybridized carbons (Fsp3) is 0.364. The van der Waals surface area contributed by atoms with E-state index in [2.05, 4.69) is 55.6 Å². The van der Waals surface area contributed by atoms with Crippen molar-refractivity contribution in [2.24, 2.45) is 4.99 Å². The molecule has 0 aliphatic carbocycles. The van der Waals surface area contributed by atoms with Gasteiger partial charge in [0.25, 0.3) is 0 Å². The van der Waals surface area contributed by atoms with Crippen molar-refractivity contribution in [2.45, 2.75) is 25.4 Å². The zero-order valence-electron chi connectivity index (χ0n) is 16.7. The molecule has 0 spiro atoms. The van der Waals surface area contributed by atoms with Crippen LogP contribution in [-0.2, 0) is 6.54 Å². The molecule has 3 aromatic rings. The minimum absolute atomic E-state index is 0.403. The Labute approximate surface area is 180 Å². The van der Waals surface area contributed by atoms with Crippen LogP contribution in [0.4, 0.5) is 0 Å². The van der Waals surface area contributed by atoms with E-state index in [-0.39, 0.29) is 0 Å². The molecule has 0 bridgehead atoms. The molecule has 0 radical (unpaired) electrons. The second-order valence-electron chi connectivity index (χ2n) is 7.07. The number of thiazole rings is 1. The fourth-order valence-electron chi connectivity index (χ4n) is 3.65. The summed E-state index contributed by atoms with van der Waals surface area (Å²) in [5.74, 6) is 0.821. The molecule has 152 valence electrons. The summed E-state index contributed by atoms with van der Waals surface area (Å²) >= 11 is 3.51. The van der Waals surface area contributed by atoms with Gasteiger partial charge < -0.3 is 10.6 Å². The minimum Gasteiger partial charge on any atom is -0.354 e. The molecule has 1 aliphatic rings. The first-order chi connectivity index (χ1) is 14.3. The highest BCUT2D eigenvalue weighted by atomic mass is 32.1. The van der Waals surface area contributed by atoms with Gasteiger partial charge in [-0.25, -0.2) is 4.98 Å². The normalized spacial score (nSPS) is 16.1. The lowest BCUT2D eigenvalue weighted by molar-refractivity contribution is 0.249. The summed E-state index contributed by atoms with van der Waals surface area (Å²) in [5.41, 5.74) is 2.18. The smallest absolute Gasteiger partial charge is 0.191 e. The maximum absolute atomic E-state index is 4.75. The van der Waals surface area contributed by atoms with Crippen LogP contribution in [0, 0.1) is 0 Å². The lowest BCUT2D eigenvalue weighted by Crippen LogP contribution is -2.42.